The van der Waals surface area contributed by atoms with Crippen molar-refractivity contribution < 1.29 is 46.1 Å². The molecular weight excluding hydrogens is 558 g/mol. The molecule has 4 aromatic carbocycles. The molecule has 36 heavy (non-hydrogen) atoms. The van der Waals surface area contributed by atoms with Gasteiger partial charge in [0.25, 0.3) is 0 Å². The van der Waals surface area contributed by atoms with Gasteiger partial charge in [-0.2, -0.15) is 0 Å². The number of benzene rings is 4. The number of rotatable bonds is 4. The van der Waals surface area contributed by atoms with E-state index >= 15 is 0 Å². The largest absolute Gasteiger partial charge is 1.00 e. The summed E-state index contributed by atoms with van der Waals surface area (Å²) < 4.78 is 5.03. The van der Waals surface area contributed by atoms with Crippen LogP contribution in [0.5, 0.6) is 0 Å². The Kier molecular flexibility index (Phi) is 8.46. The smallest absolute Gasteiger partial charge is 1.00 e. The van der Waals surface area contributed by atoms with Gasteiger partial charge in [0.2, 0.25) is 0 Å². The molecule has 0 saturated carbocycles. The molecule has 0 aliphatic heterocycles. The van der Waals surface area contributed by atoms with Crippen LogP contribution in [0, 0.1) is 0 Å². The van der Waals surface area contributed by atoms with Crippen LogP contribution in [0.4, 0.5) is 0 Å². The second kappa shape index (κ2) is 11.4. The van der Waals surface area contributed by atoms with E-state index in [4.69, 9.17) is 0 Å². The fourth-order valence-electron chi connectivity index (χ4n) is 5.50. The van der Waals surface area contributed by atoms with Crippen molar-refractivity contribution in [2.75, 3.05) is 0 Å². The fraction of sp³-hybridized carbons (Fsp3) is 0.121. The zero-order chi connectivity index (χ0) is 23.1. The van der Waals surface area contributed by atoms with E-state index in [-0.39, 0.29) is 24.8 Å². The molecule has 2 aliphatic rings. The van der Waals surface area contributed by atoms with Gasteiger partial charge in [0.1, 0.15) is 0 Å². The Morgan fingerprint density at radius 2 is 1.31 bits per heavy atom. The predicted molar refractivity (Wildman–Crippen MR) is 143 cm³/mol. The van der Waals surface area contributed by atoms with Gasteiger partial charge in [0, 0.05) is 0 Å². The molecule has 0 saturated heterocycles. The van der Waals surface area contributed by atoms with Crippen LogP contribution in [0.15, 0.2) is 113 Å². The molecule has 0 atom stereocenters. The fourth-order valence-corrected chi connectivity index (χ4v) is 12.7. The topological polar surface area (TPSA) is 0 Å². The van der Waals surface area contributed by atoms with Gasteiger partial charge in [-0.15, -0.1) is 0 Å². The van der Waals surface area contributed by atoms with Crippen LogP contribution in [-0.2, 0) is 27.7 Å². The molecular formula is C33H28Cl2Zr. The molecule has 4 aromatic rings. The molecule has 0 bridgehead atoms. The summed E-state index contributed by atoms with van der Waals surface area (Å²) in [6.45, 7) is 4.76. The first-order valence-electron chi connectivity index (χ1n) is 12.1. The molecule has 0 spiro atoms. The van der Waals surface area contributed by atoms with E-state index in [1.54, 1.807) is 15.3 Å². The average molecular weight is 587 g/mol. The zero-order valence-electron chi connectivity index (χ0n) is 20.6. The molecule has 0 amide bonds. The monoisotopic (exact) mass is 584 g/mol. The molecule has 3 heteroatoms. The Labute approximate surface area is 234 Å². The Bertz CT molecular complexity index is 1490. The van der Waals surface area contributed by atoms with E-state index in [0.717, 1.165) is 12.8 Å². The molecule has 0 fully saturated rings. The zero-order valence-corrected chi connectivity index (χ0v) is 24.5. The third-order valence-corrected chi connectivity index (χ3v) is 14.5. The predicted octanol–water partition coefficient (Wildman–Crippen LogP) is 1.90. The molecule has 6 rings (SSSR count). The summed E-state index contributed by atoms with van der Waals surface area (Å²) in [5, 5.41) is 0. The standard InChI is InChI=1S/C25H17.C5H5.C3H6.2ClH.Zr/c1-3-7-18(8-4-1)20-11-13-22-15-23-14-12-21(17-25(23)24(22)16-20)19-9-5-2-6-10-19;1-2-4-5-3-1;1-3-2;;;/h1-13,16-17H,15H2;1-3H,4H2;1-2H3;2*1H;/q;;;;;+2/p-2. The van der Waals surface area contributed by atoms with E-state index in [2.05, 4.69) is 123 Å². The second-order valence-electron chi connectivity index (χ2n) is 9.53. The van der Waals surface area contributed by atoms with Crippen molar-refractivity contribution in [1.29, 1.82) is 0 Å². The van der Waals surface area contributed by atoms with E-state index in [0.29, 0.717) is 0 Å². The summed E-state index contributed by atoms with van der Waals surface area (Å²) in [6.07, 6.45) is 9.21. The third-order valence-electron chi connectivity index (χ3n) is 7.09. The molecule has 0 heterocycles. The molecule has 2 aliphatic carbocycles. The van der Waals surface area contributed by atoms with E-state index in [1.807, 2.05) is 0 Å². The number of fused-ring (bicyclic) bond motifs is 3. The summed E-state index contributed by atoms with van der Waals surface area (Å²) in [5.41, 5.74) is 11.2. The third kappa shape index (κ3) is 4.95. The first-order valence-corrected chi connectivity index (χ1v) is 15.8. The first-order chi connectivity index (χ1) is 16.7. The SMILES string of the molecule is C[C](C)=[Zr+2]([C]1=CC=CC1)[c]1cc(-c2ccccc2)cc2c1Cc1ccc(-c3ccccc3)cc1-2.[Cl-].[Cl-]. The van der Waals surface area contributed by atoms with Gasteiger partial charge in [-0.05, 0) is 0 Å². The maximum Gasteiger partial charge on any atom is -1.00 e. The molecule has 0 unspecified atom stereocenters. The van der Waals surface area contributed by atoms with Crippen LogP contribution in [0.2, 0.25) is 0 Å². The number of halogens is 2. The summed E-state index contributed by atoms with van der Waals surface area (Å²) in [6, 6.07) is 33.8. The molecule has 178 valence electrons. The molecule has 0 radical (unpaired) electrons. The van der Waals surface area contributed by atoms with E-state index in [9.17, 15) is 0 Å². The maximum absolute atomic E-state index is 2.55. The average Bonchev–Trinajstić information content (AvgIpc) is 3.53. The molecule has 0 aromatic heterocycles. The summed E-state index contributed by atoms with van der Waals surface area (Å²) in [7, 11) is 0. The van der Waals surface area contributed by atoms with E-state index in [1.165, 1.54) is 38.9 Å². The molecule has 0 N–H and O–H groups in total. The van der Waals surface area contributed by atoms with Crippen LogP contribution >= 0.6 is 0 Å². The Morgan fingerprint density at radius 1 is 0.667 bits per heavy atom. The van der Waals surface area contributed by atoms with Gasteiger partial charge in [-0.1, -0.05) is 0 Å². The van der Waals surface area contributed by atoms with Crippen molar-refractivity contribution in [1.82, 2.24) is 0 Å². The van der Waals surface area contributed by atoms with Crippen molar-refractivity contribution in [3.8, 4) is 33.4 Å². The normalized spacial score (nSPS) is 12.4. The van der Waals surface area contributed by atoms with Crippen LogP contribution in [0.3, 0.4) is 0 Å². The first kappa shape index (κ1) is 26.7. The van der Waals surface area contributed by atoms with Crippen molar-refractivity contribution in [3.63, 3.8) is 0 Å². The number of allylic oxidation sites excluding steroid dienone is 4. The van der Waals surface area contributed by atoms with Crippen molar-refractivity contribution >= 4 is 6.48 Å². The van der Waals surface area contributed by atoms with Gasteiger partial charge in [0.15, 0.2) is 0 Å². The number of hydrogen-bond acceptors (Lipinski definition) is 0. The minimum absolute atomic E-state index is 0. The minimum atomic E-state index is -2.13. The summed E-state index contributed by atoms with van der Waals surface area (Å²) in [5.74, 6) is 0. The van der Waals surface area contributed by atoms with Crippen molar-refractivity contribution in [3.05, 3.63) is 124 Å². The Balaban J connectivity index is 0.00000152. The van der Waals surface area contributed by atoms with Gasteiger partial charge in [-0.3, -0.25) is 0 Å². The number of hydrogen-bond donors (Lipinski definition) is 0. The Morgan fingerprint density at radius 3 is 1.92 bits per heavy atom. The van der Waals surface area contributed by atoms with Gasteiger partial charge < -0.3 is 24.8 Å². The van der Waals surface area contributed by atoms with Crippen LogP contribution in [-0.4, -0.2) is 3.21 Å². The van der Waals surface area contributed by atoms with Gasteiger partial charge >= 0.3 is 211 Å². The second-order valence-corrected chi connectivity index (χ2v) is 16.7. The van der Waals surface area contributed by atoms with E-state index < -0.39 is 21.3 Å². The molecule has 0 nitrogen and oxygen atoms in total. The van der Waals surface area contributed by atoms with Crippen LogP contribution in [0.25, 0.3) is 33.4 Å². The maximum atomic E-state index is 2.55. The van der Waals surface area contributed by atoms with Gasteiger partial charge in [-0.25, -0.2) is 0 Å². The summed E-state index contributed by atoms with van der Waals surface area (Å²) >= 11 is -2.13. The Hall–Kier alpha value is -2.31. The van der Waals surface area contributed by atoms with Crippen LogP contribution < -0.4 is 28.1 Å². The van der Waals surface area contributed by atoms with Crippen molar-refractivity contribution in [2.24, 2.45) is 0 Å². The van der Waals surface area contributed by atoms with Crippen molar-refractivity contribution in [2.45, 2.75) is 26.7 Å². The quantitative estimate of drug-likeness (QED) is 0.302. The summed E-state index contributed by atoms with van der Waals surface area (Å²) in [4.78, 5) is 0. The minimum Gasteiger partial charge on any atom is -1.00 e. The van der Waals surface area contributed by atoms with Crippen LogP contribution in [0.1, 0.15) is 31.4 Å². The van der Waals surface area contributed by atoms with Gasteiger partial charge in [0.05, 0.1) is 0 Å².